The molecule has 19 heavy (non-hydrogen) atoms. The maximum absolute atomic E-state index is 12.1. The van der Waals surface area contributed by atoms with Gasteiger partial charge < -0.3 is 15.7 Å². The maximum atomic E-state index is 12.1. The molecule has 0 spiro atoms. The molecule has 1 saturated carbocycles. The van der Waals surface area contributed by atoms with E-state index < -0.39 is 17.9 Å². The SMILES string of the molecule is CC(=O)NC(C(=O)NC1CCCC1C(=O)O)C(C)C. The van der Waals surface area contributed by atoms with E-state index >= 15 is 0 Å². The van der Waals surface area contributed by atoms with Crippen LogP contribution in [0.4, 0.5) is 0 Å². The zero-order chi connectivity index (χ0) is 14.6. The first-order valence-corrected chi connectivity index (χ1v) is 6.63. The van der Waals surface area contributed by atoms with Crippen LogP contribution in [0, 0.1) is 11.8 Å². The number of aliphatic carboxylic acids is 1. The van der Waals surface area contributed by atoms with E-state index in [0.29, 0.717) is 12.8 Å². The van der Waals surface area contributed by atoms with Crippen LogP contribution in [0.25, 0.3) is 0 Å². The maximum Gasteiger partial charge on any atom is 0.308 e. The standard InChI is InChI=1S/C13H22N2O4/c1-7(2)11(14-8(3)16)12(17)15-10-6-4-5-9(10)13(18)19/h7,9-11H,4-6H2,1-3H3,(H,14,16)(H,15,17)(H,18,19). The largest absolute Gasteiger partial charge is 0.481 e. The summed E-state index contributed by atoms with van der Waals surface area (Å²) in [5.74, 6) is -2.01. The molecule has 3 atom stereocenters. The van der Waals surface area contributed by atoms with Crippen molar-refractivity contribution in [3.8, 4) is 0 Å². The summed E-state index contributed by atoms with van der Waals surface area (Å²) in [6, 6.07) is -0.951. The average molecular weight is 270 g/mol. The second-order valence-electron chi connectivity index (χ2n) is 5.41. The molecule has 3 N–H and O–H groups in total. The van der Waals surface area contributed by atoms with Gasteiger partial charge in [0, 0.05) is 13.0 Å². The van der Waals surface area contributed by atoms with Crippen molar-refractivity contribution in [1.29, 1.82) is 0 Å². The molecule has 1 aliphatic rings. The molecule has 6 heteroatoms. The van der Waals surface area contributed by atoms with Crippen LogP contribution >= 0.6 is 0 Å². The second-order valence-corrected chi connectivity index (χ2v) is 5.41. The van der Waals surface area contributed by atoms with Gasteiger partial charge in [0.25, 0.3) is 0 Å². The highest BCUT2D eigenvalue weighted by atomic mass is 16.4. The molecule has 0 aromatic heterocycles. The Balaban J connectivity index is 2.65. The molecular formula is C13H22N2O4. The number of carboxylic acid groups (broad SMARTS) is 1. The zero-order valence-electron chi connectivity index (χ0n) is 11.6. The summed E-state index contributed by atoms with van der Waals surface area (Å²) >= 11 is 0. The first-order valence-electron chi connectivity index (χ1n) is 6.63. The number of hydrogen-bond acceptors (Lipinski definition) is 3. The van der Waals surface area contributed by atoms with E-state index in [2.05, 4.69) is 10.6 Å². The van der Waals surface area contributed by atoms with Crippen molar-refractivity contribution in [3.63, 3.8) is 0 Å². The lowest BCUT2D eigenvalue weighted by atomic mass is 10.0. The predicted molar refractivity (Wildman–Crippen MR) is 69.4 cm³/mol. The van der Waals surface area contributed by atoms with Gasteiger partial charge in [0.05, 0.1) is 5.92 Å². The van der Waals surface area contributed by atoms with Gasteiger partial charge in [0.1, 0.15) is 6.04 Å². The first kappa shape index (κ1) is 15.5. The molecule has 0 saturated heterocycles. The summed E-state index contributed by atoms with van der Waals surface area (Å²) in [7, 11) is 0. The molecule has 6 nitrogen and oxygen atoms in total. The molecule has 1 aliphatic carbocycles. The van der Waals surface area contributed by atoms with Crippen molar-refractivity contribution < 1.29 is 19.5 Å². The molecule has 0 aliphatic heterocycles. The minimum Gasteiger partial charge on any atom is -0.481 e. The summed E-state index contributed by atoms with van der Waals surface area (Å²) in [5.41, 5.74) is 0. The van der Waals surface area contributed by atoms with Crippen LogP contribution in [0.3, 0.4) is 0 Å². The van der Waals surface area contributed by atoms with Crippen LogP contribution in [0.5, 0.6) is 0 Å². The molecule has 0 aromatic carbocycles. The number of carbonyl (C=O) groups is 3. The highest BCUT2D eigenvalue weighted by Gasteiger charge is 2.35. The minimum absolute atomic E-state index is 0.0476. The molecule has 1 fully saturated rings. The molecule has 0 bridgehead atoms. The second kappa shape index (κ2) is 6.54. The van der Waals surface area contributed by atoms with Crippen molar-refractivity contribution in [3.05, 3.63) is 0 Å². The van der Waals surface area contributed by atoms with Gasteiger partial charge >= 0.3 is 5.97 Å². The first-order chi connectivity index (χ1) is 8.82. The van der Waals surface area contributed by atoms with Gasteiger partial charge in [-0.3, -0.25) is 14.4 Å². The van der Waals surface area contributed by atoms with E-state index in [1.807, 2.05) is 13.8 Å². The number of amides is 2. The highest BCUT2D eigenvalue weighted by Crippen LogP contribution is 2.26. The van der Waals surface area contributed by atoms with Crippen molar-refractivity contribution in [2.24, 2.45) is 11.8 Å². The number of carbonyl (C=O) groups excluding carboxylic acids is 2. The van der Waals surface area contributed by atoms with E-state index in [1.54, 1.807) is 0 Å². The molecule has 0 aromatic rings. The summed E-state index contributed by atoms with van der Waals surface area (Å²) in [6.45, 7) is 5.03. The van der Waals surface area contributed by atoms with E-state index in [9.17, 15) is 14.4 Å². The average Bonchev–Trinajstić information content (AvgIpc) is 2.73. The van der Waals surface area contributed by atoms with Gasteiger partial charge in [-0.15, -0.1) is 0 Å². The van der Waals surface area contributed by atoms with Crippen LogP contribution in [-0.2, 0) is 14.4 Å². The van der Waals surface area contributed by atoms with Crippen LogP contribution < -0.4 is 10.6 Å². The molecule has 3 unspecified atom stereocenters. The van der Waals surface area contributed by atoms with Gasteiger partial charge in [0.2, 0.25) is 11.8 Å². The number of rotatable bonds is 5. The fourth-order valence-electron chi connectivity index (χ4n) is 2.45. The highest BCUT2D eigenvalue weighted by molar-refractivity contribution is 5.87. The predicted octanol–water partition coefficient (Wildman–Crippen LogP) is 0.517. The fourth-order valence-corrected chi connectivity index (χ4v) is 2.45. The lowest BCUT2D eigenvalue weighted by molar-refractivity contribution is -0.142. The Kier molecular flexibility index (Phi) is 5.32. The van der Waals surface area contributed by atoms with Crippen LogP contribution in [0.1, 0.15) is 40.0 Å². The topological polar surface area (TPSA) is 95.5 Å². The van der Waals surface area contributed by atoms with Crippen molar-refractivity contribution >= 4 is 17.8 Å². The van der Waals surface area contributed by atoms with E-state index in [-0.39, 0.29) is 23.8 Å². The third-order valence-electron chi connectivity index (χ3n) is 3.47. The van der Waals surface area contributed by atoms with E-state index in [1.165, 1.54) is 6.92 Å². The smallest absolute Gasteiger partial charge is 0.308 e. The normalized spacial score (nSPS) is 24.0. The Morgan fingerprint density at radius 3 is 2.32 bits per heavy atom. The summed E-state index contributed by atoms with van der Waals surface area (Å²) in [6.07, 6.45) is 2.06. The van der Waals surface area contributed by atoms with Gasteiger partial charge in [-0.2, -0.15) is 0 Å². The minimum atomic E-state index is -0.872. The van der Waals surface area contributed by atoms with Crippen LogP contribution in [0.15, 0.2) is 0 Å². The van der Waals surface area contributed by atoms with E-state index in [0.717, 1.165) is 6.42 Å². The lowest BCUT2D eigenvalue weighted by Crippen LogP contribution is -2.52. The van der Waals surface area contributed by atoms with Crippen molar-refractivity contribution in [1.82, 2.24) is 10.6 Å². The Hall–Kier alpha value is -1.59. The van der Waals surface area contributed by atoms with Crippen molar-refractivity contribution in [2.45, 2.75) is 52.1 Å². The summed E-state index contributed by atoms with van der Waals surface area (Å²) in [4.78, 5) is 34.3. The Morgan fingerprint density at radius 1 is 1.21 bits per heavy atom. The van der Waals surface area contributed by atoms with Gasteiger partial charge in [0.15, 0.2) is 0 Å². The van der Waals surface area contributed by atoms with Gasteiger partial charge in [-0.1, -0.05) is 20.3 Å². The Labute approximate surface area is 112 Å². The monoisotopic (exact) mass is 270 g/mol. The number of carboxylic acids is 1. The van der Waals surface area contributed by atoms with Gasteiger partial charge in [-0.25, -0.2) is 0 Å². The van der Waals surface area contributed by atoms with Gasteiger partial charge in [-0.05, 0) is 18.8 Å². The molecule has 2 amide bonds. The van der Waals surface area contributed by atoms with Crippen LogP contribution in [0.2, 0.25) is 0 Å². The van der Waals surface area contributed by atoms with E-state index in [4.69, 9.17) is 5.11 Å². The third kappa shape index (κ3) is 4.22. The quantitative estimate of drug-likeness (QED) is 0.678. The third-order valence-corrected chi connectivity index (χ3v) is 3.47. The fraction of sp³-hybridized carbons (Fsp3) is 0.769. The Bertz CT molecular complexity index is 368. The molecule has 1 rings (SSSR count). The summed E-state index contributed by atoms with van der Waals surface area (Å²) < 4.78 is 0. The molecule has 0 radical (unpaired) electrons. The summed E-state index contributed by atoms with van der Waals surface area (Å²) in [5, 5.41) is 14.4. The number of hydrogen-bond donors (Lipinski definition) is 3. The molecule has 0 heterocycles. The zero-order valence-corrected chi connectivity index (χ0v) is 11.6. The van der Waals surface area contributed by atoms with Crippen molar-refractivity contribution in [2.75, 3.05) is 0 Å². The van der Waals surface area contributed by atoms with Crippen LogP contribution in [-0.4, -0.2) is 35.0 Å². The molecular weight excluding hydrogens is 248 g/mol. The Morgan fingerprint density at radius 2 is 1.84 bits per heavy atom. The lowest BCUT2D eigenvalue weighted by Gasteiger charge is -2.25. The number of nitrogens with one attached hydrogen (secondary N) is 2. The molecule has 108 valence electrons.